The van der Waals surface area contributed by atoms with Crippen molar-refractivity contribution in [2.45, 2.75) is 65.1 Å². The zero-order valence-corrected chi connectivity index (χ0v) is 11.0. The number of aromatic amines is 1. The number of hydrogen-bond acceptors (Lipinski definition) is 1. The molecule has 0 radical (unpaired) electrons. The Balaban J connectivity index is 2.12. The molecule has 0 bridgehead atoms. The Morgan fingerprint density at radius 3 is 2.38 bits per heavy atom. The van der Waals surface area contributed by atoms with Crippen molar-refractivity contribution in [1.82, 2.24) is 9.88 Å². The molecule has 1 atom stereocenters. The molecule has 1 aliphatic rings. The van der Waals surface area contributed by atoms with Crippen LogP contribution < -0.4 is 0 Å². The molecule has 90 valence electrons. The third kappa shape index (κ3) is 2.17. The van der Waals surface area contributed by atoms with Gasteiger partial charge in [0.15, 0.2) is 0 Å². The van der Waals surface area contributed by atoms with E-state index in [9.17, 15) is 0 Å². The Morgan fingerprint density at radius 1 is 1.12 bits per heavy atom. The smallest absolute Gasteiger partial charge is 0.0145 e. The summed E-state index contributed by atoms with van der Waals surface area (Å²) >= 11 is 0. The topological polar surface area (TPSA) is 19.0 Å². The highest BCUT2D eigenvalue weighted by Crippen LogP contribution is 2.26. The third-order valence-corrected chi connectivity index (χ3v) is 3.74. The van der Waals surface area contributed by atoms with E-state index in [-0.39, 0.29) is 0 Å². The van der Waals surface area contributed by atoms with E-state index in [4.69, 9.17) is 0 Å². The van der Waals surface area contributed by atoms with Crippen LogP contribution in [0.3, 0.4) is 0 Å². The zero-order chi connectivity index (χ0) is 11.7. The fourth-order valence-corrected chi connectivity index (χ4v) is 3.22. The first-order chi connectivity index (χ1) is 7.59. The molecule has 0 saturated heterocycles. The number of rotatable bonds is 3. The fourth-order valence-electron chi connectivity index (χ4n) is 3.22. The van der Waals surface area contributed by atoms with Gasteiger partial charge in [0.1, 0.15) is 0 Å². The van der Waals surface area contributed by atoms with Crippen LogP contribution >= 0.6 is 0 Å². The highest BCUT2D eigenvalue weighted by Gasteiger charge is 2.27. The second-order valence-corrected chi connectivity index (χ2v) is 5.54. The number of aryl methyl sites for hydroxylation is 1. The molecule has 0 amide bonds. The second kappa shape index (κ2) is 4.62. The number of aromatic nitrogens is 1. The van der Waals surface area contributed by atoms with Gasteiger partial charge in [0.2, 0.25) is 0 Å². The Labute approximate surface area is 99.0 Å². The minimum absolute atomic E-state index is 0.644. The lowest BCUT2D eigenvalue weighted by Crippen LogP contribution is -2.47. The van der Waals surface area contributed by atoms with Crippen molar-refractivity contribution in [3.05, 3.63) is 23.5 Å². The van der Waals surface area contributed by atoms with Gasteiger partial charge < -0.3 is 4.98 Å². The lowest BCUT2D eigenvalue weighted by molar-refractivity contribution is 0.102. The summed E-state index contributed by atoms with van der Waals surface area (Å²) in [5.74, 6) is 0. The van der Waals surface area contributed by atoms with Crippen LogP contribution in [0.2, 0.25) is 0 Å². The fraction of sp³-hybridized carbons (Fsp3) is 0.714. The van der Waals surface area contributed by atoms with Gasteiger partial charge in [-0.05, 0) is 58.1 Å². The molecular weight excluding hydrogens is 196 g/mol. The molecule has 0 fully saturated rings. The van der Waals surface area contributed by atoms with Gasteiger partial charge in [-0.15, -0.1) is 0 Å². The predicted molar refractivity (Wildman–Crippen MR) is 68.7 cm³/mol. The summed E-state index contributed by atoms with van der Waals surface area (Å²) in [5.41, 5.74) is 3.06. The first-order valence-corrected chi connectivity index (χ1v) is 6.51. The summed E-state index contributed by atoms with van der Waals surface area (Å²) in [7, 11) is 0. The van der Waals surface area contributed by atoms with Gasteiger partial charge in [-0.1, -0.05) is 0 Å². The summed E-state index contributed by atoms with van der Waals surface area (Å²) in [6.45, 7) is 9.25. The molecule has 1 aliphatic carbocycles. The van der Waals surface area contributed by atoms with Crippen molar-refractivity contribution in [2.75, 3.05) is 0 Å². The predicted octanol–water partition coefficient (Wildman–Crippen LogP) is 2.99. The minimum Gasteiger partial charge on any atom is -0.367 e. The molecule has 1 aromatic rings. The summed E-state index contributed by atoms with van der Waals surface area (Å²) in [4.78, 5) is 5.90. The number of fused-ring (bicyclic) bond motifs is 1. The van der Waals surface area contributed by atoms with E-state index in [1.807, 2.05) is 0 Å². The van der Waals surface area contributed by atoms with Gasteiger partial charge in [-0.2, -0.15) is 0 Å². The highest BCUT2D eigenvalue weighted by molar-refractivity contribution is 5.27. The van der Waals surface area contributed by atoms with Gasteiger partial charge in [0, 0.05) is 30.5 Å². The van der Waals surface area contributed by atoms with E-state index in [0.717, 1.165) is 6.04 Å². The van der Waals surface area contributed by atoms with Crippen LogP contribution in [-0.4, -0.2) is 28.0 Å². The van der Waals surface area contributed by atoms with Gasteiger partial charge in [-0.3, -0.25) is 4.90 Å². The third-order valence-electron chi connectivity index (χ3n) is 3.74. The van der Waals surface area contributed by atoms with E-state index in [1.54, 1.807) is 0 Å². The maximum Gasteiger partial charge on any atom is 0.0145 e. The first-order valence-electron chi connectivity index (χ1n) is 6.51. The Kier molecular flexibility index (Phi) is 3.38. The Hall–Kier alpha value is -0.760. The average Bonchev–Trinajstić information content (AvgIpc) is 2.63. The molecule has 0 saturated carbocycles. The van der Waals surface area contributed by atoms with Gasteiger partial charge in [0.05, 0.1) is 0 Å². The SMILES string of the molecule is CC(C)N(C(C)C)[C@@H]1CCc2c[nH]cc2C1. The molecule has 2 nitrogen and oxygen atoms in total. The van der Waals surface area contributed by atoms with Crippen LogP contribution in [0.4, 0.5) is 0 Å². The minimum atomic E-state index is 0.644. The van der Waals surface area contributed by atoms with Gasteiger partial charge in [-0.25, -0.2) is 0 Å². The van der Waals surface area contributed by atoms with E-state index < -0.39 is 0 Å². The van der Waals surface area contributed by atoms with E-state index >= 15 is 0 Å². The number of nitrogens with one attached hydrogen (secondary N) is 1. The first kappa shape index (κ1) is 11.7. The van der Waals surface area contributed by atoms with Crippen LogP contribution in [0.1, 0.15) is 45.2 Å². The monoisotopic (exact) mass is 220 g/mol. The summed E-state index contributed by atoms with van der Waals surface area (Å²) in [5, 5.41) is 0. The van der Waals surface area contributed by atoms with Crippen molar-refractivity contribution in [3.8, 4) is 0 Å². The average molecular weight is 220 g/mol. The van der Waals surface area contributed by atoms with Crippen molar-refractivity contribution in [1.29, 1.82) is 0 Å². The molecule has 0 aliphatic heterocycles. The largest absolute Gasteiger partial charge is 0.367 e. The normalized spacial score (nSPS) is 20.8. The van der Waals surface area contributed by atoms with Crippen LogP contribution in [0.15, 0.2) is 12.4 Å². The summed E-state index contributed by atoms with van der Waals surface area (Å²) < 4.78 is 0. The van der Waals surface area contributed by atoms with Gasteiger partial charge in [0.25, 0.3) is 0 Å². The van der Waals surface area contributed by atoms with Crippen LogP contribution in [0.25, 0.3) is 0 Å². The summed E-state index contributed by atoms with van der Waals surface area (Å²) in [6, 6.07) is 2.01. The molecule has 0 unspecified atom stereocenters. The van der Waals surface area contributed by atoms with Gasteiger partial charge >= 0.3 is 0 Å². The molecule has 0 aromatic carbocycles. The van der Waals surface area contributed by atoms with E-state index in [1.165, 1.54) is 30.4 Å². The van der Waals surface area contributed by atoms with Crippen LogP contribution in [0, 0.1) is 0 Å². The second-order valence-electron chi connectivity index (χ2n) is 5.54. The van der Waals surface area contributed by atoms with E-state index in [0.29, 0.717) is 12.1 Å². The maximum atomic E-state index is 3.24. The van der Waals surface area contributed by atoms with Crippen molar-refractivity contribution < 1.29 is 0 Å². The Morgan fingerprint density at radius 2 is 1.75 bits per heavy atom. The molecular formula is C14H24N2. The zero-order valence-electron chi connectivity index (χ0n) is 11.0. The summed E-state index contributed by atoms with van der Waals surface area (Å²) in [6.07, 6.45) is 8.11. The molecule has 1 heterocycles. The highest BCUT2D eigenvalue weighted by atomic mass is 15.2. The van der Waals surface area contributed by atoms with Crippen molar-refractivity contribution in [3.63, 3.8) is 0 Å². The Bertz CT molecular complexity index is 330. The van der Waals surface area contributed by atoms with Crippen molar-refractivity contribution >= 4 is 0 Å². The molecule has 1 N–H and O–H groups in total. The standard InChI is InChI=1S/C14H24N2/c1-10(2)16(11(3)4)14-6-5-12-8-15-9-13(12)7-14/h8-11,14-15H,5-7H2,1-4H3/t14-/m1/s1. The molecule has 2 heteroatoms. The lowest BCUT2D eigenvalue weighted by Gasteiger charge is -2.40. The number of nitrogens with zero attached hydrogens (tertiary/aromatic N) is 1. The van der Waals surface area contributed by atoms with E-state index in [2.05, 4.69) is 50.0 Å². The number of H-pyrrole nitrogens is 1. The molecule has 16 heavy (non-hydrogen) atoms. The quantitative estimate of drug-likeness (QED) is 0.829. The lowest BCUT2D eigenvalue weighted by atomic mass is 9.89. The number of hydrogen-bond donors (Lipinski definition) is 1. The maximum absolute atomic E-state index is 3.24. The molecule has 2 rings (SSSR count). The molecule has 1 aromatic heterocycles. The van der Waals surface area contributed by atoms with Crippen molar-refractivity contribution in [2.24, 2.45) is 0 Å². The van der Waals surface area contributed by atoms with Crippen LogP contribution in [0.5, 0.6) is 0 Å². The molecule has 0 spiro atoms. The van der Waals surface area contributed by atoms with Crippen LogP contribution in [-0.2, 0) is 12.8 Å².